The van der Waals surface area contributed by atoms with Crippen LogP contribution in [0.3, 0.4) is 0 Å². The number of aromatic nitrogens is 3. The first-order valence-corrected chi connectivity index (χ1v) is 7.19. The molecule has 0 radical (unpaired) electrons. The normalized spacial score (nSPS) is 22.9. The molecule has 0 amide bonds. The second kappa shape index (κ2) is 6.15. The highest BCUT2D eigenvalue weighted by atomic mass is 16.3. The molecular weight excluding hydrogens is 252 g/mol. The van der Waals surface area contributed by atoms with Gasteiger partial charge in [-0.25, -0.2) is 0 Å². The van der Waals surface area contributed by atoms with Crippen molar-refractivity contribution in [1.29, 1.82) is 0 Å². The van der Waals surface area contributed by atoms with E-state index in [1.54, 1.807) is 0 Å². The van der Waals surface area contributed by atoms with E-state index in [1.165, 1.54) is 0 Å². The van der Waals surface area contributed by atoms with Gasteiger partial charge in [0.25, 0.3) is 0 Å². The van der Waals surface area contributed by atoms with Crippen LogP contribution in [0.4, 0.5) is 0 Å². The van der Waals surface area contributed by atoms with Crippen molar-refractivity contribution < 1.29 is 5.11 Å². The summed E-state index contributed by atoms with van der Waals surface area (Å²) < 4.78 is 0. The molecule has 1 fully saturated rings. The van der Waals surface area contributed by atoms with Crippen molar-refractivity contribution in [2.24, 2.45) is 0 Å². The first-order chi connectivity index (χ1) is 9.83. The summed E-state index contributed by atoms with van der Waals surface area (Å²) >= 11 is 0. The Hall–Kier alpha value is -1.72. The molecule has 1 aromatic carbocycles. The average molecular weight is 272 g/mol. The Morgan fingerprint density at radius 3 is 2.85 bits per heavy atom. The molecule has 0 aliphatic heterocycles. The van der Waals surface area contributed by atoms with E-state index >= 15 is 0 Å². The summed E-state index contributed by atoms with van der Waals surface area (Å²) in [6.45, 7) is 0.679. The molecule has 5 heteroatoms. The Bertz CT molecular complexity index is 540. The fourth-order valence-electron chi connectivity index (χ4n) is 2.79. The van der Waals surface area contributed by atoms with E-state index in [0.717, 1.165) is 42.6 Å². The smallest absolute Gasteiger partial charge is 0.117 e. The van der Waals surface area contributed by atoms with E-state index in [-0.39, 0.29) is 6.10 Å². The van der Waals surface area contributed by atoms with Crippen molar-refractivity contribution in [2.75, 3.05) is 0 Å². The molecular formula is C15H20N4O. The zero-order chi connectivity index (χ0) is 13.8. The van der Waals surface area contributed by atoms with E-state index < -0.39 is 0 Å². The summed E-state index contributed by atoms with van der Waals surface area (Å²) in [6.07, 6.45) is 3.81. The van der Waals surface area contributed by atoms with Gasteiger partial charge in [0.15, 0.2) is 0 Å². The predicted molar refractivity (Wildman–Crippen MR) is 76.9 cm³/mol. The van der Waals surface area contributed by atoms with Crippen molar-refractivity contribution in [3.05, 3.63) is 36.0 Å². The first-order valence-electron chi connectivity index (χ1n) is 7.19. The molecule has 0 saturated heterocycles. The molecule has 106 valence electrons. The summed E-state index contributed by atoms with van der Waals surface area (Å²) in [5.41, 5.74) is 2.90. The second-order valence-electron chi connectivity index (χ2n) is 5.38. The Balaban J connectivity index is 1.65. The van der Waals surface area contributed by atoms with E-state index in [9.17, 15) is 5.11 Å². The van der Waals surface area contributed by atoms with Crippen molar-refractivity contribution >= 4 is 0 Å². The van der Waals surface area contributed by atoms with Gasteiger partial charge in [0.05, 0.1) is 6.10 Å². The van der Waals surface area contributed by atoms with Gasteiger partial charge in [-0.05, 0) is 25.7 Å². The molecule has 1 aliphatic carbocycles. The summed E-state index contributed by atoms with van der Waals surface area (Å²) in [6, 6.07) is 10.4. The number of rotatable bonds is 4. The number of aromatic amines is 1. The third-order valence-electron chi connectivity index (χ3n) is 3.87. The Morgan fingerprint density at radius 2 is 2.05 bits per heavy atom. The lowest BCUT2D eigenvalue weighted by Crippen LogP contribution is -2.35. The lowest BCUT2D eigenvalue weighted by Gasteiger charge is -2.26. The largest absolute Gasteiger partial charge is 0.393 e. The van der Waals surface area contributed by atoms with Crippen LogP contribution in [-0.4, -0.2) is 32.7 Å². The van der Waals surface area contributed by atoms with Gasteiger partial charge in [0.1, 0.15) is 11.4 Å². The molecule has 3 rings (SSSR count). The van der Waals surface area contributed by atoms with Gasteiger partial charge in [-0.3, -0.25) is 0 Å². The number of nitrogens with zero attached hydrogens (tertiary/aromatic N) is 2. The van der Waals surface area contributed by atoms with Gasteiger partial charge in [0, 0.05) is 18.2 Å². The Morgan fingerprint density at radius 1 is 1.20 bits per heavy atom. The topological polar surface area (TPSA) is 73.8 Å². The van der Waals surface area contributed by atoms with Crippen LogP contribution in [0.5, 0.6) is 0 Å². The maximum absolute atomic E-state index is 9.70. The summed E-state index contributed by atoms with van der Waals surface area (Å²) in [4.78, 5) is 0. The van der Waals surface area contributed by atoms with Crippen LogP contribution in [-0.2, 0) is 6.54 Å². The van der Waals surface area contributed by atoms with Gasteiger partial charge in [-0.2, -0.15) is 15.4 Å². The van der Waals surface area contributed by atoms with Crippen LogP contribution >= 0.6 is 0 Å². The summed E-state index contributed by atoms with van der Waals surface area (Å²) in [5, 5.41) is 24.4. The highest BCUT2D eigenvalue weighted by Gasteiger charge is 2.20. The molecule has 2 unspecified atom stereocenters. The number of H-pyrrole nitrogens is 1. The van der Waals surface area contributed by atoms with Crippen molar-refractivity contribution in [2.45, 2.75) is 44.4 Å². The monoisotopic (exact) mass is 272 g/mol. The number of hydrogen-bond donors (Lipinski definition) is 3. The van der Waals surface area contributed by atoms with Crippen LogP contribution in [0.2, 0.25) is 0 Å². The van der Waals surface area contributed by atoms with Gasteiger partial charge < -0.3 is 10.4 Å². The second-order valence-corrected chi connectivity index (χ2v) is 5.38. The molecule has 3 N–H and O–H groups in total. The molecule has 0 bridgehead atoms. The number of benzene rings is 1. The molecule has 20 heavy (non-hydrogen) atoms. The Labute approximate surface area is 118 Å². The number of aliphatic hydroxyl groups excluding tert-OH is 1. The van der Waals surface area contributed by atoms with Crippen molar-refractivity contribution in [3.63, 3.8) is 0 Å². The molecule has 5 nitrogen and oxygen atoms in total. The van der Waals surface area contributed by atoms with E-state index in [0.29, 0.717) is 12.6 Å². The quantitative estimate of drug-likeness (QED) is 0.794. The number of aliphatic hydroxyl groups is 1. The zero-order valence-corrected chi connectivity index (χ0v) is 11.4. The van der Waals surface area contributed by atoms with Crippen molar-refractivity contribution in [3.8, 4) is 11.3 Å². The minimum atomic E-state index is -0.160. The molecule has 1 aromatic heterocycles. The lowest BCUT2D eigenvalue weighted by molar-refractivity contribution is 0.111. The highest BCUT2D eigenvalue weighted by molar-refractivity contribution is 5.60. The lowest BCUT2D eigenvalue weighted by atomic mass is 9.93. The van der Waals surface area contributed by atoms with Crippen LogP contribution < -0.4 is 5.32 Å². The zero-order valence-electron chi connectivity index (χ0n) is 11.4. The molecule has 0 spiro atoms. The standard InChI is InChI=1S/C15H20N4O/c20-13-8-4-7-12(9-13)16-10-14-15(18-19-17-14)11-5-2-1-3-6-11/h1-3,5-6,12-13,16,20H,4,7-10H2,(H,17,18,19). The van der Waals surface area contributed by atoms with Crippen LogP contribution in [0.25, 0.3) is 11.3 Å². The van der Waals surface area contributed by atoms with Crippen LogP contribution in [0.1, 0.15) is 31.4 Å². The molecule has 1 heterocycles. The van der Waals surface area contributed by atoms with Crippen molar-refractivity contribution in [1.82, 2.24) is 20.7 Å². The fourth-order valence-corrected chi connectivity index (χ4v) is 2.79. The van der Waals surface area contributed by atoms with E-state index in [4.69, 9.17) is 0 Å². The van der Waals surface area contributed by atoms with E-state index in [2.05, 4.69) is 20.7 Å². The maximum atomic E-state index is 9.70. The van der Waals surface area contributed by atoms with Gasteiger partial charge in [0.2, 0.25) is 0 Å². The highest BCUT2D eigenvalue weighted by Crippen LogP contribution is 2.21. The van der Waals surface area contributed by atoms with Gasteiger partial charge >= 0.3 is 0 Å². The number of nitrogens with one attached hydrogen (secondary N) is 2. The fraction of sp³-hybridized carbons (Fsp3) is 0.467. The molecule has 2 atom stereocenters. The molecule has 1 aliphatic rings. The predicted octanol–water partition coefficient (Wildman–Crippen LogP) is 1.86. The summed E-state index contributed by atoms with van der Waals surface area (Å²) in [7, 11) is 0. The third-order valence-corrected chi connectivity index (χ3v) is 3.87. The molecule has 1 saturated carbocycles. The van der Waals surface area contributed by atoms with E-state index in [1.807, 2.05) is 30.3 Å². The van der Waals surface area contributed by atoms with Crippen LogP contribution in [0.15, 0.2) is 30.3 Å². The average Bonchev–Trinajstić information content (AvgIpc) is 2.95. The first kappa shape index (κ1) is 13.3. The summed E-state index contributed by atoms with van der Waals surface area (Å²) in [5.74, 6) is 0. The minimum absolute atomic E-state index is 0.160. The minimum Gasteiger partial charge on any atom is -0.393 e. The SMILES string of the molecule is OC1CCCC(NCc2n[nH]nc2-c2ccccc2)C1. The number of hydrogen-bond acceptors (Lipinski definition) is 4. The molecule has 2 aromatic rings. The Kier molecular flexibility index (Phi) is 4.08. The van der Waals surface area contributed by atoms with Gasteiger partial charge in [-0.15, -0.1) is 0 Å². The maximum Gasteiger partial charge on any atom is 0.117 e. The van der Waals surface area contributed by atoms with Crippen LogP contribution in [0, 0.1) is 0 Å². The van der Waals surface area contributed by atoms with Gasteiger partial charge in [-0.1, -0.05) is 30.3 Å². The third kappa shape index (κ3) is 3.05.